The predicted molar refractivity (Wildman–Crippen MR) is 74.1 cm³/mol. The van der Waals surface area contributed by atoms with Gasteiger partial charge in [0.2, 0.25) is 0 Å². The Morgan fingerprint density at radius 1 is 1.53 bits per heavy atom. The van der Waals surface area contributed by atoms with Crippen molar-refractivity contribution in [2.24, 2.45) is 0 Å². The van der Waals surface area contributed by atoms with Gasteiger partial charge in [-0.05, 0) is 35.8 Å². The molecule has 0 saturated heterocycles. The molecule has 0 aromatic heterocycles. The number of carbonyl (C=O) groups excluding carboxylic acids is 1. The zero-order chi connectivity index (χ0) is 14.8. The van der Waals surface area contributed by atoms with Crippen LogP contribution in [0.4, 0.5) is 5.69 Å². The number of nitrogens with zero attached hydrogens (tertiary/aromatic N) is 2. The zero-order valence-electron chi connectivity index (χ0n) is 10.9. The molecule has 0 saturated carbocycles. The van der Waals surface area contributed by atoms with Gasteiger partial charge in [0.1, 0.15) is 4.47 Å². The van der Waals surface area contributed by atoms with Crippen LogP contribution in [0.1, 0.15) is 24.2 Å². The van der Waals surface area contributed by atoms with E-state index in [9.17, 15) is 20.0 Å². The lowest BCUT2D eigenvalue weighted by Gasteiger charge is -2.25. The van der Waals surface area contributed by atoms with Crippen molar-refractivity contribution in [2.75, 3.05) is 13.6 Å². The van der Waals surface area contributed by atoms with E-state index in [1.807, 2.05) is 0 Å². The molecule has 0 aliphatic carbocycles. The Morgan fingerprint density at radius 3 is 2.58 bits per heavy atom. The molecule has 7 heteroatoms. The molecule has 0 aliphatic rings. The smallest absolute Gasteiger partial charge is 0.284 e. The highest BCUT2D eigenvalue weighted by Crippen LogP contribution is 2.29. The van der Waals surface area contributed by atoms with E-state index in [1.54, 1.807) is 13.8 Å². The first kappa shape index (κ1) is 15.6. The fraction of sp³-hybridized carbons (Fsp3) is 0.417. The van der Waals surface area contributed by atoms with Crippen LogP contribution in [0.2, 0.25) is 0 Å². The van der Waals surface area contributed by atoms with E-state index in [-0.39, 0.29) is 22.3 Å². The minimum absolute atomic E-state index is 0.126. The van der Waals surface area contributed by atoms with Crippen molar-refractivity contribution in [3.8, 4) is 0 Å². The largest absolute Gasteiger partial charge is 0.389 e. The van der Waals surface area contributed by atoms with Crippen molar-refractivity contribution < 1.29 is 14.8 Å². The Balaban J connectivity index is 3.07. The fourth-order valence-electron chi connectivity index (χ4n) is 1.68. The van der Waals surface area contributed by atoms with E-state index < -0.39 is 16.4 Å². The molecule has 19 heavy (non-hydrogen) atoms. The van der Waals surface area contributed by atoms with E-state index in [1.165, 1.54) is 30.1 Å². The van der Waals surface area contributed by atoms with Gasteiger partial charge in [0.25, 0.3) is 11.6 Å². The molecule has 0 radical (unpaired) electrons. The molecule has 1 aromatic carbocycles. The minimum Gasteiger partial charge on any atom is -0.389 e. The summed E-state index contributed by atoms with van der Waals surface area (Å²) >= 11 is 3.08. The van der Waals surface area contributed by atoms with Crippen molar-refractivity contribution in [1.29, 1.82) is 0 Å². The van der Waals surface area contributed by atoms with Crippen molar-refractivity contribution in [1.82, 2.24) is 4.90 Å². The third kappa shape index (κ3) is 4.00. The molecule has 0 unspecified atom stereocenters. The van der Waals surface area contributed by atoms with Gasteiger partial charge in [0.15, 0.2) is 0 Å². The maximum Gasteiger partial charge on any atom is 0.284 e. The lowest BCUT2D eigenvalue weighted by atomic mass is 10.1. The summed E-state index contributed by atoms with van der Waals surface area (Å²) in [6.07, 6.45) is 0. The lowest BCUT2D eigenvalue weighted by molar-refractivity contribution is -0.385. The van der Waals surface area contributed by atoms with E-state index in [0.29, 0.717) is 0 Å². The van der Waals surface area contributed by atoms with Crippen LogP contribution in [0.3, 0.4) is 0 Å². The number of likely N-dealkylation sites (N-methyl/N-ethyl adjacent to an activating group) is 1. The molecular weight excluding hydrogens is 316 g/mol. The highest BCUT2D eigenvalue weighted by Gasteiger charge is 2.24. The van der Waals surface area contributed by atoms with Gasteiger partial charge >= 0.3 is 0 Å². The molecule has 0 atom stereocenters. The van der Waals surface area contributed by atoms with Crippen molar-refractivity contribution in [3.05, 3.63) is 38.3 Å². The van der Waals surface area contributed by atoms with Gasteiger partial charge in [-0.2, -0.15) is 0 Å². The number of benzene rings is 1. The van der Waals surface area contributed by atoms with Crippen molar-refractivity contribution in [2.45, 2.75) is 19.4 Å². The summed E-state index contributed by atoms with van der Waals surface area (Å²) in [5, 5.41) is 20.5. The third-order valence-electron chi connectivity index (χ3n) is 2.38. The van der Waals surface area contributed by atoms with Gasteiger partial charge in [-0.1, -0.05) is 6.07 Å². The van der Waals surface area contributed by atoms with Crippen molar-refractivity contribution >= 4 is 27.5 Å². The van der Waals surface area contributed by atoms with Gasteiger partial charge < -0.3 is 10.0 Å². The third-order valence-corrected chi connectivity index (χ3v) is 3.21. The van der Waals surface area contributed by atoms with E-state index in [0.717, 1.165) is 0 Å². The molecule has 0 heterocycles. The second kappa shape index (κ2) is 5.66. The average molecular weight is 331 g/mol. The Kier molecular flexibility index (Phi) is 4.65. The van der Waals surface area contributed by atoms with Crippen LogP contribution >= 0.6 is 15.9 Å². The molecule has 0 fully saturated rings. The number of rotatable bonds is 4. The molecule has 0 bridgehead atoms. The van der Waals surface area contributed by atoms with Crippen LogP contribution in [-0.4, -0.2) is 40.0 Å². The lowest BCUT2D eigenvalue weighted by Crippen LogP contribution is -2.39. The number of amides is 1. The van der Waals surface area contributed by atoms with E-state index >= 15 is 0 Å². The van der Waals surface area contributed by atoms with Crippen LogP contribution in [0.15, 0.2) is 22.7 Å². The normalized spacial score (nSPS) is 11.2. The number of nitro benzene ring substituents is 1. The molecule has 1 amide bonds. The monoisotopic (exact) mass is 330 g/mol. The SMILES string of the molecule is CN(CC(C)(C)O)C(=O)c1cccc([N+](=O)[O-])c1Br. The Bertz CT molecular complexity index is 511. The number of nitro groups is 1. The number of hydrogen-bond donors (Lipinski definition) is 1. The summed E-state index contributed by atoms with van der Waals surface area (Å²) in [6.45, 7) is 3.29. The standard InChI is InChI=1S/C12H15BrN2O4/c1-12(2,17)7-14(3)11(16)8-5-4-6-9(10(8)13)15(18)19/h4-6,17H,7H2,1-3H3. The van der Waals surface area contributed by atoms with E-state index in [4.69, 9.17) is 0 Å². The van der Waals surface area contributed by atoms with Gasteiger partial charge in [-0.15, -0.1) is 0 Å². The molecule has 6 nitrogen and oxygen atoms in total. The first-order valence-electron chi connectivity index (χ1n) is 5.54. The summed E-state index contributed by atoms with van der Waals surface area (Å²) in [7, 11) is 1.53. The second-order valence-corrected chi connectivity index (χ2v) is 5.66. The second-order valence-electron chi connectivity index (χ2n) is 4.87. The molecular formula is C12H15BrN2O4. The van der Waals surface area contributed by atoms with Crippen LogP contribution in [0, 0.1) is 10.1 Å². The summed E-state index contributed by atoms with van der Waals surface area (Å²) in [4.78, 5) is 23.8. The maximum absolute atomic E-state index is 12.2. The van der Waals surface area contributed by atoms with Crippen molar-refractivity contribution in [3.63, 3.8) is 0 Å². The highest BCUT2D eigenvalue weighted by molar-refractivity contribution is 9.10. The number of hydrogen-bond acceptors (Lipinski definition) is 4. The van der Waals surface area contributed by atoms with E-state index in [2.05, 4.69) is 15.9 Å². The molecule has 0 spiro atoms. The van der Waals surface area contributed by atoms with Gasteiger partial charge in [0.05, 0.1) is 16.1 Å². The van der Waals surface area contributed by atoms with Gasteiger partial charge in [-0.3, -0.25) is 14.9 Å². The summed E-state index contributed by atoms with van der Waals surface area (Å²) in [5.74, 6) is -0.391. The number of carbonyl (C=O) groups is 1. The zero-order valence-corrected chi connectivity index (χ0v) is 12.5. The van der Waals surface area contributed by atoms with Gasteiger partial charge in [0, 0.05) is 19.7 Å². The van der Waals surface area contributed by atoms with Gasteiger partial charge in [-0.25, -0.2) is 0 Å². The number of halogens is 1. The topological polar surface area (TPSA) is 83.7 Å². The Labute approximate surface area is 119 Å². The molecule has 1 N–H and O–H groups in total. The predicted octanol–water partition coefficient (Wildman–Crippen LogP) is 2.20. The first-order chi connectivity index (χ1) is 8.63. The van der Waals surface area contributed by atoms with Crippen LogP contribution in [0.25, 0.3) is 0 Å². The molecule has 104 valence electrons. The quantitative estimate of drug-likeness (QED) is 0.677. The Hall–Kier alpha value is -1.47. The molecule has 0 aliphatic heterocycles. The Morgan fingerprint density at radius 2 is 2.11 bits per heavy atom. The molecule has 1 aromatic rings. The number of aliphatic hydroxyl groups is 1. The maximum atomic E-state index is 12.2. The fourth-order valence-corrected chi connectivity index (χ4v) is 2.26. The summed E-state index contributed by atoms with van der Waals surface area (Å²) in [5.41, 5.74) is -0.999. The van der Waals surface area contributed by atoms with Crippen LogP contribution in [-0.2, 0) is 0 Å². The average Bonchev–Trinajstić information content (AvgIpc) is 2.25. The van der Waals surface area contributed by atoms with Crippen LogP contribution in [0.5, 0.6) is 0 Å². The highest BCUT2D eigenvalue weighted by atomic mass is 79.9. The summed E-state index contributed by atoms with van der Waals surface area (Å²) < 4.78 is 0.146. The molecule has 1 rings (SSSR count). The summed E-state index contributed by atoms with van der Waals surface area (Å²) in [6, 6.07) is 4.27. The van der Waals surface area contributed by atoms with Crippen LogP contribution < -0.4 is 0 Å². The first-order valence-corrected chi connectivity index (χ1v) is 6.33. The minimum atomic E-state index is -1.03.